The van der Waals surface area contributed by atoms with Crippen LogP contribution >= 0.6 is 0 Å². The number of rotatable bonds is 3. The van der Waals surface area contributed by atoms with Crippen molar-refractivity contribution >= 4 is 0 Å². The summed E-state index contributed by atoms with van der Waals surface area (Å²) in [7, 11) is 0. The molecule has 0 spiro atoms. The molecule has 0 bridgehead atoms. The zero-order valence-corrected chi connectivity index (χ0v) is 9.67. The maximum absolute atomic E-state index is 13.7. The second-order valence-corrected chi connectivity index (χ2v) is 3.76. The maximum atomic E-state index is 13.7. The molecule has 4 nitrogen and oxygen atoms in total. The Bertz CT molecular complexity index is 605. The average Bonchev–Trinajstić information content (AvgIpc) is 2.48. The van der Waals surface area contributed by atoms with Crippen LogP contribution in [0.3, 0.4) is 0 Å². The second kappa shape index (κ2) is 5.47. The zero-order valence-electron chi connectivity index (χ0n) is 9.67. The first kappa shape index (κ1) is 14.3. The summed E-state index contributed by atoms with van der Waals surface area (Å²) in [6, 6.07) is -1.49. The van der Waals surface area contributed by atoms with Crippen LogP contribution in [-0.2, 0) is 0 Å². The zero-order chi connectivity index (χ0) is 14.9. The van der Waals surface area contributed by atoms with E-state index >= 15 is 0 Å². The molecule has 0 aliphatic rings. The van der Waals surface area contributed by atoms with Gasteiger partial charge in [0, 0.05) is 18.0 Å². The van der Waals surface area contributed by atoms with Gasteiger partial charge in [-0.05, 0) is 0 Å². The lowest BCUT2D eigenvalue weighted by atomic mass is 10.00. The maximum Gasteiger partial charge on any atom is 0.200 e. The summed E-state index contributed by atoms with van der Waals surface area (Å²) in [4.78, 5) is 7.18. The minimum atomic E-state index is -2.23. The molecule has 2 rings (SSSR count). The summed E-state index contributed by atoms with van der Waals surface area (Å²) >= 11 is 0. The number of aromatic nitrogens is 2. The van der Waals surface area contributed by atoms with Crippen LogP contribution in [0.25, 0.3) is 0 Å². The van der Waals surface area contributed by atoms with E-state index in [1.54, 1.807) is 0 Å². The van der Waals surface area contributed by atoms with Crippen molar-refractivity contribution in [3.63, 3.8) is 0 Å². The lowest BCUT2D eigenvalue weighted by Gasteiger charge is -2.18. The van der Waals surface area contributed by atoms with Crippen molar-refractivity contribution in [3.05, 3.63) is 58.9 Å². The highest BCUT2D eigenvalue weighted by Gasteiger charge is 2.30. The van der Waals surface area contributed by atoms with Crippen LogP contribution in [0.1, 0.15) is 17.2 Å². The quantitative estimate of drug-likeness (QED) is 0.297. The van der Waals surface area contributed by atoms with Crippen molar-refractivity contribution in [1.29, 1.82) is 0 Å². The van der Waals surface area contributed by atoms with Crippen molar-refractivity contribution in [2.45, 2.75) is 6.04 Å². The van der Waals surface area contributed by atoms with E-state index in [0.29, 0.717) is 0 Å². The molecule has 0 fully saturated rings. The molecule has 0 radical (unpaired) electrons. The summed E-state index contributed by atoms with van der Waals surface area (Å²) in [6.45, 7) is 0. The van der Waals surface area contributed by atoms with Crippen molar-refractivity contribution < 1.29 is 22.0 Å². The van der Waals surface area contributed by atoms with Gasteiger partial charge in [0.05, 0.1) is 11.6 Å². The van der Waals surface area contributed by atoms with E-state index in [0.717, 1.165) is 18.7 Å². The van der Waals surface area contributed by atoms with Gasteiger partial charge in [-0.1, -0.05) is 0 Å². The number of hydrogen-bond acceptors (Lipinski definition) is 4. The summed E-state index contributed by atoms with van der Waals surface area (Å²) in [6.07, 6.45) is 3.40. The average molecular weight is 290 g/mol. The highest BCUT2D eigenvalue weighted by molar-refractivity contribution is 5.33. The summed E-state index contributed by atoms with van der Waals surface area (Å²) in [5.74, 6) is -5.12. The predicted octanol–water partition coefficient (Wildman–Crippen LogP) is 1.72. The first-order valence-electron chi connectivity index (χ1n) is 5.21. The SMILES string of the molecule is NNC(c1cncnc1)c1c(F)c(F)c(F)c(F)c1F. The Morgan fingerprint density at radius 3 is 1.75 bits per heavy atom. The Morgan fingerprint density at radius 2 is 1.30 bits per heavy atom. The Kier molecular flexibility index (Phi) is 3.91. The third-order valence-corrected chi connectivity index (χ3v) is 2.61. The fourth-order valence-corrected chi connectivity index (χ4v) is 1.68. The van der Waals surface area contributed by atoms with Crippen molar-refractivity contribution in [2.75, 3.05) is 0 Å². The molecule has 0 aliphatic heterocycles. The molecular formula is C11H7F5N4. The van der Waals surface area contributed by atoms with E-state index in [4.69, 9.17) is 5.84 Å². The number of nitrogens with one attached hydrogen (secondary N) is 1. The fraction of sp³-hybridized carbons (Fsp3) is 0.0909. The standard InChI is InChI=1S/C11H7F5N4/c12-6-5(7(13)9(15)10(16)8(6)14)11(20-17)4-1-18-3-19-2-4/h1-3,11,20H,17H2. The summed E-state index contributed by atoms with van der Waals surface area (Å²) in [5.41, 5.74) is 0.916. The molecule has 1 atom stereocenters. The molecule has 106 valence electrons. The van der Waals surface area contributed by atoms with Crippen molar-refractivity contribution in [1.82, 2.24) is 15.4 Å². The number of hydrazine groups is 1. The molecule has 0 aliphatic carbocycles. The van der Waals surface area contributed by atoms with E-state index in [2.05, 4.69) is 9.97 Å². The number of hydrogen-bond donors (Lipinski definition) is 2. The van der Waals surface area contributed by atoms with Gasteiger partial charge in [-0.2, -0.15) is 0 Å². The third kappa shape index (κ3) is 2.21. The minimum Gasteiger partial charge on any atom is -0.271 e. The number of nitrogens with two attached hydrogens (primary N) is 1. The van der Waals surface area contributed by atoms with E-state index in [-0.39, 0.29) is 5.56 Å². The number of nitrogens with zero attached hydrogens (tertiary/aromatic N) is 2. The highest BCUT2D eigenvalue weighted by Crippen LogP contribution is 2.30. The van der Waals surface area contributed by atoms with E-state index < -0.39 is 40.7 Å². The van der Waals surface area contributed by atoms with Gasteiger partial charge in [0.25, 0.3) is 0 Å². The van der Waals surface area contributed by atoms with Crippen LogP contribution in [0.5, 0.6) is 0 Å². The number of halogens is 5. The molecule has 1 aromatic heterocycles. The van der Waals surface area contributed by atoms with E-state index in [1.807, 2.05) is 5.43 Å². The third-order valence-electron chi connectivity index (χ3n) is 2.61. The van der Waals surface area contributed by atoms with Gasteiger partial charge in [0.15, 0.2) is 23.3 Å². The van der Waals surface area contributed by atoms with E-state index in [9.17, 15) is 22.0 Å². The second-order valence-electron chi connectivity index (χ2n) is 3.76. The molecule has 1 heterocycles. The predicted molar refractivity (Wildman–Crippen MR) is 57.4 cm³/mol. The van der Waals surface area contributed by atoms with Gasteiger partial charge >= 0.3 is 0 Å². The van der Waals surface area contributed by atoms with Crippen LogP contribution in [0, 0.1) is 29.1 Å². The molecule has 2 aromatic rings. The van der Waals surface area contributed by atoms with Gasteiger partial charge in [0.1, 0.15) is 6.33 Å². The van der Waals surface area contributed by atoms with Crippen molar-refractivity contribution in [2.24, 2.45) is 5.84 Å². The van der Waals surface area contributed by atoms with Crippen molar-refractivity contribution in [3.8, 4) is 0 Å². The lowest BCUT2D eigenvalue weighted by molar-refractivity contribution is 0.362. The van der Waals surface area contributed by atoms with Gasteiger partial charge in [-0.25, -0.2) is 37.3 Å². The topological polar surface area (TPSA) is 63.8 Å². The minimum absolute atomic E-state index is 0.0400. The highest BCUT2D eigenvalue weighted by atomic mass is 19.2. The van der Waals surface area contributed by atoms with Crippen LogP contribution in [0.4, 0.5) is 22.0 Å². The first-order chi connectivity index (χ1) is 9.49. The largest absolute Gasteiger partial charge is 0.271 e. The molecule has 20 heavy (non-hydrogen) atoms. The normalized spacial score (nSPS) is 12.5. The molecule has 0 saturated heterocycles. The molecule has 1 unspecified atom stereocenters. The molecule has 3 N–H and O–H groups in total. The smallest absolute Gasteiger partial charge is 0.200 e. The van der Waals surface area contributed by atoms with Gasteiger partial charge in [0.2, 0.25) is 5.82 Å². The van der Waals surface area contributed by atoms with Crippen LogP contribution < -0.4 is 11.3 Å². The van der Waals surface area contributed by atoms with Gasteiger partial charge < -0.3 is 0 Å². The molecular weight excluding hydrogens is 283 g/mol. The summed E-state index contributed by atoms with van der Waals surface area (Å²) in [5, 5.41) is 0. The first-order valence-corrected chi connectivity index (χ1v) is 5.21. The van der Waals surface area contributed by atoms with Gasteiger partial charge in [-0.15, -0.1) is 0 Å². The Labute approximate surface area is 109 Å². The summed E-state index contributed by atoms with van der Waals surface area (Å²) < 4.78 is 66.6. The van der Waals surface area contributed by atoms with Gasteiger partial charge in [-0.3, -0.25) is 5.84 Å². The number of benzene rings is 1. The Morgan fingerprint density at radius 1 is 0.850 bits per heavy atom. The Hall–Kier alpha value is -2.13. The van der Waals surface area contributed by atoms with Crippen LogP contribution in [0.15, 0.2) is 18.7 Å². The van der Waals surface area contributed by atoms with Crippen LogP contribution in [0.2, 0.25) is 0 Å². The Balaban J connectivity index is 2.68. The molecule has 0 amide bonds. The fourth-order valence-electron chi connectivity index (χ4n) is 1.68. The monoisotopic (exact) mass is 290 g/mol. The molecule has 0 saturated carbocycles. The molecule has 9 heteroatoms. The van der Waals surface area contributed by atoms with Crippen LogP contribution in [-0.4, -0.2) is 9.97 Å². The molecule has 1 aromatic carbocycles. The van der Waals surface area contributed by atoms with E-state index in [1.165, 1.54) is 0 Å². The lowest BCUT2D eigenvalue weighted by Crippen LogP contribution is -2.31.